The molecule has 2 N–H and O–H groups in total. The van der Waals surface area contributed by atoms with E-state index >= 15 is 0 Å². The van der Waals surface area contributed by atoms with Gasteiger partial charge in [-0.25, -0.2) is 32.3 Å². The summed E-state index contributed by atoms with van der Waals surface area (Å²) in [5, 5.41) is 8.89. The number of halogens is 1. The van der Waals surface area contributed by atoms with Gasteiger partial charge in [0.2, 0.25) is 5.95 Å². The van der Waals surface area contributed by atoms with Crippen molar-refractivity contribution >= 4 is 27.9 Å². The van der Waals surface area contributed by atoms with Crippen LogP contribution in [-0.4, -0.2) is 41.0 Å². The first-order valence-electron chi connectivity index (χ1n) is 12.2. The molecule has 3 aromatic rings. The number of rotatable bonds is 12. The van der Waals surface area contributed by atoms with Crippen LogP contribution < -0.4 is 9.46 Å². The smallest absolute Gasteiger partial charge is 0.338 e. The van der Waals surface area contributed by atoms with Gasteiger partial charge in [-0.3, -0.25) is 4.79 Å². The Morgan fingerprint density at radius 1 is 0.974 bits per heavy atom. The summed E-state index contributed by atoms with van der Waals surface area (Å²) in [6, 6.07) is 9.91. The first-order valence-corrected chi connectivity index (χ1v) is 13.7. The van der Waals surface area contributed by atoms with Crippen LogP contribution in [0.25, 0.3) is 0 Å². The number of hydrogen-bond donors (Lipinski definition) is 2. The van der Waals surface area contributed by atoms with E-state index in [4.69, 9.17) is 14.6 Å². The Hall–Kier alpha value is -4.06. The first kappa shape index (κ1) is 29.5. The van der Waals surface area contributed by atoms with Crippen molar-refractivity contribution in [3.63, 3.8) is 0 Å². The molecule has 0 aliphatic heterocycles. The molecule has 0 amide bonds. The average molecular weight is 560 g/mol. The molecule has 0 atom stereocenters. The highest BCUT2D eigenvalue weighted by molar-refractivity contribution is 7.92. The van der Waals surface area contributed by atoms with E-state index in [-0.39, 0.29) is 28.2 Å². The number of carboxylic acids is 1. The molecule has 0 unspecified atom stereocenters. The number of benzene rings is 2. The molecule has 208 valence electrons. The lowest BCUT2D eigenvalue weighted by molar-refractivity contribution is -0.154. The molecular formula is C27H30FN3O7S. The number of nitrogens with one attached hydrogen (secondary N) is 1. The number of nitrogens with zero attached hydrogens (tertiary/aromatic N) is 2. The van der Waals surface area contributed by atoms with Crippen molar-refractivity contribution in [3.05, 3.63) is 71.8 Å². The topological polar surface area (TPSA) is 145 Å². The summed E-state index contributed by atoms with van der Waals surface area (Å²) in [5.41, 5.74) is -0.220. The summed E-state index contributed by atoms with van der Waals surface area (Å²) in [6.07, 6.45) is 4.84. The Kier molecular flexibility index (Phi) is 9.57. The van der Waals surface area contributed by atoms with Crippen LogP contribution in [0, 0.1) is 5.82 Å². The molecule has 2 aromatic carbocycles. The van der Waals surface area contributed by atoms with E-state index in [1.165, 1.54) is 36.4 Å². The second-order valence-electron chi connectivity index (χ2n) is 9.68. The van der Waals surface area contributed by atoms with Gasteiger partial charge in [0.05, 0.1) is 10.5 Å². The number of sulfonamides is 1. The number of unbranched alkanes of at least 4 members (excludes halogenated alkanes) is 2. The highest BCUT2D eigenvalue weighted by Crippen LogP contribution is 2.26. The molecule has 1 aromatic heterocycles. The zero-order chi connectivity index (χ0) is 28.6. The molecule has 3 rings (SSSR count). The molecule has 0 fully saturated rings. The molecule has 0 bridgehead atoms. The summed E-state index contributed by atoms with van der Waals surface area (Å²) in [7, 11) is -4.03. The maximum atomic E-state index is 14.3. The minimum Gasteiger partial charge on any atom is -0.478 e. The van der Waals surface area contributed by atoms with Crippen molar-refractivity contribution in [2.45, 2.75) is 63.4 Å². The predicted octanol–water partition coefficient (Wildman–Crippen LogP) is 5.35. The third-order valence-electron chi connectivity index (χ3n) is 5.26. The standard InChI is InChI=1S/C27H30FN3O7S/c1-27(2,3)38-24(32)8-6-4-5-7-18-15-21(11-14-23(18)28)37-20-9-12-22(13-10-20)39(35,36)31-26-29-16-19(17-30-26)25(33)34/h9-17H,4-8H2,1-3H3,(H,33,34)(H,29,30,31). The molecular weight excluding hydrogens is 529 g/mol. The van der Waals surface area contributed by atoms with Gasteiger partial charge in [-0.05, 0) is 88.1 Å². The number of aryl methyl sites for hydroxylation is 1. The average Bonchev–Trinajstić information content (AvgIpc) is 2.85. The lowest BCUT2D eigenvalue weighted by Crippen LogP contribution is -2.23. The number of esters is 1. The summed E-state index contributed by atoms with van der Waals surface area (Å²) in [6.45, 7) is 5.45. The van der Waals surface area contributed by atoms with Crippen LogP contribution in [0.5, 0.6) is 11.5 Å². The Labute approximate surface area is 226 Å². The second kappa shape index (κ2) is 12.7. The van der Waals surface area contributed by atoms with Gasteiger partial charge in [0.25, 0.3) is 10.0 Å². The van der Waals surface area contributed by atoms with Crippen LogP contribution >= 0.6 is 0 Å². The third kappa shape index (κ3) is 9.32. The van der Waals surface area contributed by atoms with Crippen molar-refractivity contribution in [2.75, 3.05) is 4.72 Å². The van der Waals surface area contributed by atoms with Gasteiger partial charge in [0, 0.05) is 18.8 Å². The molecule has 1 heterocycles. The summed E-state index contributed by atoms with van der Waals surface area (Å²) < 4.78 is 52.8. The normalized spacial score (nSPS) is 11.6. The summed E-state index contributed by atoms with van der Waals surface area (Å²) in [5.74, 6) is -1.39. The largest absolute Gasteiger partial charge is 0.478 e. The van der Waals surface area contributed by atoms with Gasteiger partial charge in [0.1, 0.15) is 22.9 Å². The van der Waals surface area contributed by atoms with Crippen LogP contribution in [0.4, 0.5) is 10.3 Å². The fraction of sp³-hybridized carbons (Fsp3) is 0.333. The second-order valence-corrected chi connectivity index (χ2v) is 11.4. The Bertz CT molecular complexity index is 1400. The minimum absolute atomic E-state index is 0.0908. The van der Waals surface area contributed by atoms with Gasteiger partial charge in [-0.2, -0.15) is 0 Å². The Morgan fingerprint density at radius 3 is 2.23 bits per heavy atom. The highest BCUT2D eigenvalue weighted by Gasteiger charge is 2.17. The summed E-state index contributed by atoms with van der Waals surface area (Å²) in [4.78, 5) is 30.0. The van der Waals surface area contributed by atoms with Crippen molar-refractivity contribution < 1.29 is 37.0 Å². The number of carbonyl (C=O) groups excluding carboxylic acids is 1. The minimum atomic E-state index is -4.03. The van der Waals surface area contributed by atoms with Crippen molar-refractivity contribution in [1.82, 2.24) is 9.97 Å². The molecule has 0 aliphatic carbocycles. The molecule has 0 saturated carbocycles. The maximum absolute atomic E-state index is 14.3. The van der Waals surface area contributed by atoms with E-state index < -0.39 is 21.6 Å². The number of carbonyl (C=O) groups is 2. The third-order valence-corrected chi connectivity index (χ3v) is 6.60. The van der Waals surface area contributed by atoms with Gasteiger partial charge < -0.3 is 14.6 Å². The Balaban J connectivity index is 1.55. The van der Waals surface area contributed by atoms with E-state index in [1.54, 1.807) is 6.07 Å². The van der Waals surface area contributed by atoms with Crippen LogP contribution in [-0.2, 0) is 26.0 Å². The number of hydrogen-bond acceptors (Lipinski definition) is 8. The van der Waals surface area contributed by atoms with Gasteiger partial charge in [-0.15, -0.1) is 0 Å². The first-order chi connectivity index (χ1) is 18.3. The van der Waals surface area contributed by atoms with Crippen molar-refractivity contribution in [3.8, 4) is 11.5 Å². The van der Waals surface area contributed by atoms with E-state index in [2.05, 4.69) is 14.7 Å². The molecule has 0 saturated heterocycles. The fourth-order valence-corrected chi connectivity index (χ4v) is 4.41. The van der Waals surface area contributed by atoms with E-state index in [9.17, 15) is 22.4 Å². The molecule has 0 aliphatic rings. The molecule has 39 heavy (non-hydrogen) atoms. The number of anilines is 1. The van der Waals surface area contributed by atoms with Crippen LogP contribution in [0.15, 0.2) is 59.8 Å². The molecule has 12 heteroatoms. The lowest BCUT2D eigenvalue weighted by atomic mass is 10.1. The van der Waals surface area contributed by atoms with E-state index in [0.717, 1.165) is 18.8 Å². The van der Waals surface area contributed by atoms with Gasteiger partial charge >= 0.3 is 11.9 Å². The van der Waals surface area contributed by atoms with Gasteiger partial charge in [0.15, 0.2) is 0 Å². The quantitative estimate of drug-likeness (QED) is 0.221. The monoisotopic (exact) mass is 559 g/mol. The fourth-order valence-electron chi connectivity index (χ4n) is 3.45. The van der Waals surface area contributed by atoms with Gasteiger partial charge in [-0.1, -0.05) is 6.42 Å². The van der Waals surface area contributed by atoms with Crippen molar-refractivity contribution in [2.24, 2.45) is 0 Å². The summed E-state index contributed by atoms with van der Waals surface area (Å²) >= 11 is 0. The zero-order valence-electron chi connectivity index (χ0n) is 21.8. The molecule has 0 spiro atoms. The van der Waals surface area contributed by atoms with Crippen LogP contribution in [0.2, 0.25) is 0 Å². The maximum Gasteiger partial charge on any atom is 0.338 e. The number of carboxylic acid groups (broad SMARTS) is 1. The van der Waals surface area contributed by atoms with Crippen LogP contribution in [0.1, 0.15) is 62.4 Å². The SMILES string of the molecule is CC(C)(C)OC(=O)CCCCCc1cc(Oc2ccc(S(=O)(=O)Nc3ncc(C(=O)O)cn3)cc2)ccc1F. The van der Waals surface area contributed by atoms with Crippen molar-refractivity contribution in [1.29, 1.82) is 0 Å². The number of aromatic carboxylic acids is 1. The number of aromatic nitrogens is 2. The van der Waals surface area contributed by atoms with E-state index in [1.807, 2.05) is 20.8 Å². The predicted molar refractivity (Wildman–Crippen MR) is 141 cm³/mol. The zero-order valence-corrected chi connectivity index (χ0v) is 22.6. The number of ether oxygens (including phenoxy) is 2. The molecule has 0 radical (unpaired) electrons. The van der Waals surface area contributed by atoms with Crippen LogP contribution in [0.3, 0.4) is 0 Å². The van der Waals surface area contributed by atoms with E-state index in [0.29, 0.717) is 42.7 Å². The Morgan fingerprint density at radius 2 is 1.62 bits per heavy atom. The lowest BCUT2D eigenvalue weighted by Gasteiger charge is -2.19. The molecule has 10 nitrogen and oxygen atoms in total. The highest BCUT2D eigenvalue weighted by atomic mass is 32.2.